The smallest absolute Gasteiger partial charge is 0.181 e. The highest BCUT2D eigenvalue weighted by atomic mass is 35.5. The quantitative estimate of drug-likeness (QED) is 0.841. The van der Waals surface area contributed by atoms with Crippen molar-refractivity contribution in [1.29, 1.82) is 0 Å². The van der Waals surface area contributed by atoms with Gasteiger partial charge >= 0.3 is 0 Å². The molecule has 2 nitrogen and oxygen atoms in total. The summed E-state index contributed by atoms with van der Waals surface area (Å²) in [4.78, 5) is 12.0. The summed E-state index contributed by atoms with van der Waals surface area (Å²) in [5, 5.41) is 0.664. The Bertz CT molecular complexity index is 393. The van der Waals surface area contributed by atoms with Gasteiger partial charge in [-0.05, 0) is 18.1 Å². The van der Waals surface area contributed by atoms with E-state index in [2.05, 4.69) is 0 Å². The fraction of sp³-hybridized carbons (Fsp3) is 0.417. The van der Waals surface area contributed by atoms with Gasteiger partial charge in [-0.3, -0.25) is 4.79 Å². The predicted molar refractivity (Wildman–Crippen MR) is 68.2 cm³/mol. The summed E-state index contributed by atoms with van der Waals surface area (Å²) < 4.78 is 0. The maximum absolute atomic E-state index is 12.0. The van der Waals surface area contributed by atoms with Crippen LogP contribution in [-0.2, 0) is 0 Å². The minimum atomic E-state index is -0.527. The molecule has 4 heteroatoms. The van der Waals surface area contributed by atoms with E-state index >= 15 is 0 Å². The van der Waals surface area contributed by atoms with Gasteiger partial charge in [0.2, 0.25) is 0 Å². The average molecular weight is 260 g/mol. The third kappa shape index (κ3) is 2.76. The van der Waals surface area contributed by atoms with Crippen LogP contribution in [-0.4, -0.2) is 11.8 Å². The molecule has 0 saturated carbocycles. The van der Waals surface area contributed by atoms with E-state index in [1.807, 2.05) is 13.8 Å². The number of rotatable bonds is 4. The first-order chi connectivity index (χ1) is 7.49. The molecule has 2 atom stereocenters. The van der Waals surface area contributed by atoms with Crippen LogP contribution < -0.4 is 5.73 Å². The van der Waals surface area contributed by atoms with E-state index in [0.717, 1.165) is 6.42 Å². The van der Waals surface area contributed by atoms with Gasteiger partial charge in [0.15, 0.2) is 5.78 Å². The molecule has 2 N–H and O–H groups in total. The molecule has 0 bridgehead atoms. The lowest BCUT2D eigenvalue weighted by molar-refractivity contribution is 0.0935. The second-order valence-corrected chi connectivity index (χ2v) is 4.66. The molecular formula is C12H15Cl2NO. The van der Waals surface area contributed by atoms with Crippen LogP contribution in [0.15, 0.2) is 18.2 Å². The highest BCUT2D eigenvalue weighted by molar-refractivity contribution is 6.44. The summed E-state index contributed by atoms with van der Waals surface area (Å²) >= 11 is 11.8. The normalized spacial score (nSPS) is 14.6. The minimum Gasteiger partial charge on any atom is -0.321 e. The molecule has 16 heavy (non-hydrogen) atoms. The van der Waals surface area contributed by atoms with Crippen LogP contribution in [0, 0.1) is 5.92 Å². The van der Waals surface area contributed by atoms with Gasteiger partial charge < -0.3 is 5.73 Å². The highest BCUT2D eigenvalue weighted by Gasteiger charge is 2.23. The minimum absolute atomic E-state index is 0.127. The van der Waals surface area contributed by atoms with Gasteiger partial charge in [-0.2, -0.15) is 0 Å². The molecular weight excluding hydrogens is 245 g/mol. The summed E-state index contributed by atoms with van der Waals surface area (Å²) in [7, 11) is 0. The largest absolute Gasteiger partial charge is 0.321 e. The molecule has 0 radical (unpaired) electrons. The van der Waals surface area contributed by atoms with Crippen molar-refractivity contribution >= 4 is 29.0 Å². The van der Waals surface area contributed by atoms with E-state index in [0.29, 0.717) is 10.6 Å². The van der Waals surface area contributed by atoms with E-state index < -0.39 is 6.04 Å². The number of Topliss-reactive ketones (excluding diaryl/α,β-unsaturated/α-hetero) is 1. The van der Waals surface area contributed by atoms with Crippen LogP contribution in [0.4, 0.5) is 0 Å². The van der Waals surface area contributed by atoms with E-state index in [1.54, 1.807) is 18.2 Å². The molecule has 0 aliphatic heterocycles. The molecule has 0 aliphatic carbocycles. The van der Waals surface area contributed by atoms with Crippen molar-refractivity contribution in [3.8, 4) is 0 Å². The van der Waals surface area contributed by atoms with Crippen molar-refractivity contribution < 1.29 is 4.79 Å². The van der Waals surface area contributed by atoms with Crippen LogP contribution in [0.1, 0.15) is 30.6 Å². The van der Waals surface area contributed by atoms with Gasteiger partial charge in [-0.25, -0.2) is 0 Å². The molecule has 1 aromatic carbocycles. The Balaban J connectivity index is 3.01. The molecule has 2 unspecified atom stereocenters. The maximum Gasteiger partial charge on any atom is 0.181 e. The van der Waals surface area contributed by atoms with Gasteiger partial charge in [0.25, 0.3) is 0 Å². The van der Waals surface area contributed by atoms with E-state index in [1.165, 1.54) is 0 Å². The van der Waals surface area contributed by atoms with Crippen molar-refractivity contribution in [2.24, 2.45) is 11.7 Å². The van der Waals surface area contributed by atoms with Crippen molar-refractivity contribution in [3.05, 3.63) is 33.8 Å². The number of nitrogens with two attached hydrogens (primary N) is 1. The van der Waals surface area contributed by atoms with Crippen molar-refractivity contribution in [2.75, 3.05) is 0 Å². The molecule has 0 spiro atoms. The van der Waals surface area contributed by atoms with Gasteiger partial charge in [0.05, 0.1) is 16.1 Å². The molecule has 1 rings (SSSR count). The number of halogens is 2. The Kier molecular flexibility index (Phi) is 4.78. The highest BCUT2D eigenvalue weighted by Crippen LogP contribution is 2.27. The van der Waals surface area contributed by atoms with Crippen LogP contribution in [0.5, 0.6) is 0 Å². The van der Waals surface area contributed by atoms with Gasteiger partial charge in [-0.1, -0.05) is 49.5 Å². The molecule has 0 amide bonds. The number of benzene rings is 1. The Morgan fingerprint density at radius 1 is 1.44 bits per heavy atom. The first-order valence-electron chi connectivity index (χ1n) is 5.22. The first kappa shape index (κ1) is 13.5. The number of ketones is 1. The molecule has 1 aromatic rings. The number of carbonyl (C=O) groups is 1. The van der Waals surface area contributed by atoms with Crippen LogP contribution >= 0.6 is 23.2 Å². The number of hydrogen-bond donors (Lipinski definition) is 1. The third-order valence-corrected chi connectivity index (χ3v) is 3.60. The lowest BCUT2D eigenvalue weighted by Gasteiger charge is -2.17. The Hall–Kier alpha value is -0.570. The molecule has 0 aromatic heterocycles. The standard InChI is InChI=1S/C12H15Cl2NO/c1-3-7(2)11(15)12(16)8-5-4-6-9(13)10(8)14/h4-7,11H,3,15H2,1-2H3. The second-order valence-electron chi connectivity index (χ2n) is 3.88. The summed E-state index contributed by atoms with van der Waals surface area (Å²) in [6.07, 6.45) is 0.852. The van der Waals surface area contributed by atoms with Gasteiger partial charge in [0.1, 0.15) is 0 Å². The SMILES string of the molecule is CCC(C)C(N)C(=O)c1cccc(Cl)c1Cl. The molecule has 0 heterocycles. The van der Waals surface area contributed by atoms with E-state index in [4.69, 9.17) is 28.9 Å². The fourth-order valence-electron chi connectivity index (χ4n) is 1.39. The van der Waals surface area contributed by atoms with Crippen LogP contribution in [0.25, 0.3) is 0 Å². The summed E-state index contributed by atoms with van der Waals surface area (Å²) in [5.74, 6) is -0.0237. The zero-order valence-corrected chi connectivity index (χ0v) is 10.8. The average Bonchev–Trinajstić information content (AvgIpc) is 2.29. The molecule has 88 valence electrons. The van der Waals surface area contributed by atoms with Crippen molar-refractivity contribution in [1.82, 2.24) is 0 Å². The van der Waals surface area contributed by atoms with E-state index in [9.17, 15) is 4.79 Å². The first-order valence-corrected chi connectivity index (χ1v) is 5.98. The second kappa shape index (κ2) is 5.67. The summed E-state index contributed by atoms with van der Waals surface area (Å²) in [5.41, 5.74) is 6.28. The predicted octanol–water partition coefficient (Wildman–Crippen LogP) is 3.55. The van der Waals surface area contributed by atoms with E-state index in [-0.39, 0.29) is 16.7 Å². The number of carbonyl (C=O) groups excluding carboxylic acids is 1. The Morgan fingerprint density at radius 3 is 2.62 bits per heavy atom. The summed E-state index contributed by atoms with van der Waals surface area (Å²) in [6.45, 7) is 3.94. The van der Waals surface area contributed by atoms with Crippen molar-refractivity contribution in [2.45, 2.75) is 26.3 Å². The summed E-state index contributed by atoms with van der Waals surface area (Å²) in [6, 6.07) is 4.47. The lowest BCUT2D eigenvalue weighted by Crippen LogP contribution is -2.36. The molecule has 0 saturated heterocycles. The zero-order valence-electron chi connectivity index (χ0n) is 9.34. The zero-order chi connectivity index (χ0) is 12.3. The van der Waals surface area contributed by atoms with Gasteiger partial charge in [0, 0.05) is 5.56 Å². The van der Waals surface area contributed by atoms with Crippen LogP contribution in [0.3, 0.4) is 0 Å². The van der Waals surface area contributed by atoms with Crippen LogP contribution in [0.2, 0.25) is 10.0 Å². The molecule has 0 aliphatic rings. The lowest BCUT2D eigenvalue weighted by atomic mass is 9.93. The Labute approximate surface area is 106 Å². The van der Waals surface area contributed by atoms with Gasteiger partial charge in [-0.15, -0.1) is 0 Å². The maximum atomic E-state index is 12.0. The van der Waals surface area contributed by atoms with Crippen molar-refractivity contribution in [3.63, 3.8) is 0 Å². The fourth-order valence-corrected chi connectivity index (χ4v) is 1.78. The number of hydrogen-bond acceptors (Lipinski definition) is 2. The third-order valence-electron chi connectivity index (χ3n) is 2.78. The molecule has 0 fully saturated rings. The topological polar surface area (TPSA) is 43.1 Å². The monoisotopic (exact) mass is 259 g/mol. The Morgan fingerprint density at radius 2 is 2.06 bits per heavy atom.